The van der Waals surface area contributed by atoms with Gasteiger partial charge in [-0.1, -0.05) is 23.7 Å². The van der Waals surface area contributed by atoms with Crippen LogP contribution in [-0.2, 0) is 9.59 Å². The minimum atomic E-state index is -0.350. The molecule has 0 aromatic heterocycles. The normalized spacial score (nSPS) is 21.2. The number of ether oxygens (including phenoxy) is 2. The molecule has 6 nitrogen and oxygen atoms in total. The van der Waals surface area contributed by atoms with Gasteiger partial charge in [0.25, 0.3) is 0 Å². The molecule has 2 atom stereocenters. The Morgan fingerprint density at radius 3 is 2.63 bits per heavy atom. The number of hydrogen-bond acceptors (Lipinski definition) is 4. The number of likely N-dealkylation sites (tertiary alicyclic amines) is 1. The summed E-state index contributed by atoms with van der Waals surface area (Å²) < 4.78 is 10.8. The van der Waals surface area contributed by atoms with Crippen LogP contribution >= 0.6 is 11.6 Å². The average molecular weight is 429 g/mol. The number of carbonyl (C=O) groups excluding carboxylic acids is 2. The van der Waals surface area contributed by atoms with Crippen LogP contribution in [-0.4, -0.2) is 44.0 Å². The second-order valence-corrected chi connectivity index (χ2v) is 8.13. The first-order valence-corrected chi connectivity index (χ1v) is 10.5. The van der Waals surface area contributed by atoms with Gasteiger partial charge in [-0.3, -0.25) is 9.59 Å². The van der Waals surface area contributed by atoms with Crippen molar-refractivity contribution in [3.63, 3.8) is 0 Å². The monoisotopic (exact) mass is 428 g/mol. The van der Waals surface area contributed by atoms with Crippen molar-refractivity contribution in [2.24, 2.45) is 5.92 Å². The van der Waals surface area contributed by atoms with Crippen molar-refractivity contribution in [3.8, 4) is 11.5 Å². The molecule has 0 saturated carbocycles. The van der Waals surface area contributed by atoms with Crippen molar-refractivity contribution >= 4 is 29.1 Å². The molecule has 2 aliphatic rings. The molecule has 2 heterocycles. The van der Waals surface area contributed by atoms with Crippen LogP contribution in [0.1, 0.15) is 30.9 Å². The minimum absolute atomic E-state index is 0.0207. The fraction of sp³-hybridized carbons (Fsp3) is 0.391. The molecule has 4 rings (SSSR count). The molecule has 0 spiro atoms. The summed E-state index contributed by atoms with van der Waals surface area (Å²) in [4.78, 5) is 29.5. The van der Waals surface area contributed by atoms with E-state index in [1.54, 1.807) is 31.3 Å². The molecule has 2 unspecified atom stereocenters. The highest BCUT2D eigenvalue weighted by Crippen LogP contribution is 2.38. The van der Waals surface area contributed by atoms with Gasteiger partial charge in [-0.25, -0.2) is 0 Å². The van der Waals surface area contributed by atoms with E-state index in [9.17, 15) is 9.59 Å². The molecule has 158 valence electrons. The molecule has 2 amide bonds. The average Bonchev–Trinajstić information content (AvgIpc) is 3.39. The molecule has 2 fully saturated rings. The number of carbonyl (C=O) groups is 2. The summed E-state index contributed by atoms with van der Waals surface area (Å²) in [6.45, 7) is 1.08. The number of benzene rings is 2. The summed E-state index contributed by atoms with van der Waals surface area (Å²) >= 11 is 6.07. The van der Waals surface area contributed by atoms with Crippen LogP contribution < -0.4 is 14.4 Å². The Labute approximate surface area is 181 Å². The Morgan fingerprint density at radius 2 is 1.90 bits per heavy atom. The Balaban J connectivity index is 1.52. The van der Waals surface area contributed by atoms with Gasteiger partial charge >= 0.3 is 0 Å². The molecular formula is C23H25ClN2O4. The molecular weight excluding hydrogens is 404 g/mol. The SMILES string of the molecule is COc1ccc(C2CCCN2C(=O)C2CC(=O)N(c3cccc(Cl)c3)C2)cc1OC. The van der Waals surface area contributed by atoms with Crippen molar-refractivity contribution in [1.29, 1.82) is 0 Å². The highest BCUT2D eigenvalue weighted by molar-refractivity contribution is 6.31. The predicted octanol–water partition coefficient (Wildman–Crippen LogP) is 4.07. The largest absolute Gasteiger partial charge is 0.493 e. The topological polar surface area (TPSA) is 59.1 Å². The number of methoxy groups -OCH3 is 2. The first-order chi connectivity index (χ1) is 14.5. The second kappa shape index (κ2) is 8.56. The summed E-state index contributed by atoms with van der Waals surface area (Å²) in [5.74, 6) is 0.952. The first-order valence-electron chi connectivity index (χ1n) is 10.1. The number of amides is 2. The lowest BCUT2D eigenvalue weighted by Gasteiger charge is -2.28. The Hall–Kier alpha value is -2.73. The Bertz CT molecular complexity index is 964. The molecule has 0 bridgehead atoms. The minimum Gasteiger partial charge on any atom is -0.493 e. The smallest absolute Gasteiger partial charge is 0.228 e. The van der Waals surface area contributed by atoms with Gasteiger partial charge in [0, 0.05) is 30.2 Å². The molecule has 0 N–H and O–H groups in total. The Morgan fingerprint density at radius 1 is 1.10 bits per heavy atom. The fourth-order valence-electron chi connectivity index (χ4n) is 4.44. The van der Waals surface area contributed by atoms with Crippen LogP contribution in [0, 0.1) is 5.92 Å². The number of hydrogen-bond donors (Lipinski definition) is 0. The van der Waals surface area contributed by atoms with E-state index >= 15 is 0 Å². The zero-order chi connectivity index (χ0) is 21.3. The molecule has 2 aromatic carbocycles. The van der Waals surface area contributed by atoms with E-state index in [2.05, 4.69) is 0 Å². The van der Waals surface area contributed by atoms with Gasteiger partial charge in [-0.05, 0) is 48.7 Å². The van der Waals surface area contributed by atoms with Gasteiger partial charge in [0.15, 0.2) is 11.5 Å². The number of halogens is 1. The number of nitrogens with zero attached hydrogens (tertiary/aromatic N) is 2. The van der Waals surface area contributed by atoms with E-state index in [0.29, 0.717) is 29.6 Å². The maximum Gasteiger partial charge on any atom is 0.228 e. The van der Waals surface area contributed by atoms with E-state index < -0.39 is 0 Å². The van der Waals surface area contributed by atoms with Crippen LogP contribution in [0.2, 0.25) is 5.02 Å². The lowest BCUT2D eigenvalue weighted by Crippen LogP contribution is -2.37. The summed E-state index contributed by atoms with van der Waals surface area (Å²) in [6.07, 6.45) is 2.05. The third kappa shape index (κ3) is 3.84. The van der Waals surface area contributed by atoms with Gasteiger partial charge in [-0.2, -0.15) is 0 Å². The molecule has 7 heteroatoms. The van der Waals surface area contributed by atoms with Crippen molar-refractivity contribution in [1.82, 2.24) is 4.90 Å². The van der Waals surface area contributed by atoms with E-state index in [1.807, 2.05) is 35.2 Å². The van der Waals surface area contributed by atoms with Crippen molar-refractivity contribution < 1.29 is 19.1 Å². The van der Waals surface area contributed by atoms with Gasteiger partial charge in [0.1, 0.15) is 0 Å². The van der Waals surface area contributed by atoms with Crippen LogP contribution in [0.15, 0.2) is 42.5 Å². The summed E-state index contributed by atoms with van der Waals surface area (Å²) in [7, 11) is 3.21. The highest BCUT2D eigenvalue weighted by Gasteiger charge is 2.40. The van der Waals surface area contributed by atoms with Crippen LogP contribution in [0.4, 0.5) is 5.69 Å². The Kier molecular flexibility index (Phi) is 5.86. The number of anilines is 1. The molecule has 2 saturated heterocycles. The van der Waals surface area contributed by atoms with E-state index in [-0.39, 0.29) is 30.2 Å². The first kappa shape index (κ1) is 20.5. The van der Waals surface area contributed by atoms with Crippen LogP contribution in [0.5, 0.6) is 11.5 Å². The summed E-state index contributed by atoms with van der Waals surface area (Å²) in [5.41, 5.74) is 1.76. The maximum absolute atomic E-state index is 13.4. The van der Waals surface area contributed by atoms with Crippen molar-refractivity contribution in [2.75, 3.05) is 32.2 Å². The standard InChI is InChI=1S/C23H25ClN2O4/c1-29-20-9-8-15(11-21(20)30-2)19-7-4-10-25(19)23(28)16-12-22(27)26(14-16)18-6-3-5-17(24)13-18/h3,5-6,8-9,11,13,16,19H,4,7,10,12,14H2,1-2H3. The van der Waals surface area contributed by atoms with Gasteiger partial charge in [0.05, 0.1) is 26.2 Å². The van der Waals surface area contributed by atoms with Gasteiger partial charge in [0.2, 0.25) is 11.8 Å². The molecule has 2 aliphatic heterocycles. The third-order valence-corrected chi connectivity index (χ3v) is 6.16. The zero-order valence-electron chi connectivity index (χ0n) is 17.1. The van der Waals surface area contributed by atoms with E-state index in [4.69, 9.17) is 21.1 Å². The molecule has 0 aliphatic carbocycles. The van der Waals surface area contributed by atoms with Crippen molar-refractivity contribution in [3.05, 3.63) is 53.1 Å². The van der Waals surface area contributed by atoms with Crippen LogP contribution in [0.3, 0.4) is 0 Å². The van der Waals surface area contributed by atoms with Gasteiger partial charge < -0.3 is 19.3 Å². The zero-order valence-corrected chi connectivity index (χ0v) is 17.9. The molecule has 30 heavy (non-hydrogen) atoms. The summed E-state index contributed by atoms with van der Waals surface area (Å²) in [5, 5.41) is 0.572. The van der Waals surface area contributed by atoms with Crippen LogP contribution in [0.25, 0.3) is 0 Å². The maximum atomic E-state index is 13.4. The molecule has 2 aromatic rings. The van der Waals surface area contributed by atoms with E-state index in [0.717, 1.165) is 24.1 Å². The third-order valence-electron chi connectivity index (χ3n) is 5.92. The number of rotatable bonds is 5. The van der Waals surface area contributed by atoms with E-state index in [1.165, 1.54) is 0 Å². The second-order valence-electron chi connectivity index (χ2n) is 7.69. The highest BCUT2D eigenvalue weighted by atomic mass is 35.5. The molecule has 0 radical (unpaired) electrons. The lowest BCUT2D eigenvalue weighted by atomic mass is 10.0. The van der Waals surface area contributed by atoms with Gasteiger partial charge in [-0.15, -0.1) is 0 Å². The fourth-order valence-corrected chi connectivity index (χ4v) is 4.62. The lowest BCUT2D eigenvalue weighted by molar-refractivity contribution is -0.136. The van der Waals surface area contributed by atoms with Crippen molar-refractivity contribution in [2.45, 2.75) is 25.3 Å². The quantitative estimate of drug-likeness (QED) is 0.720. The predicted molar refractivity (Wildman–Crippen MR) is 115 cm³/mol. The summed E-state index contributed by atoms with van der Waals surface area (Å²) in [6, 6.07) is 13.0.